The van der Waals surface area contributed by atoms with Crippen LogP contribution < -0.4 is 10.7 Å². The Bertz CT molecular complexity index is 1400. The number of thiol groups is 1. The summed E-state index contributed by atoms with van der Waals surface area (Å²) in [6.07, 6.45) is 0.172. The summed E-state index contributed by atoms with van der Waals surface area (Å²) in [6.45, 7) is 0. The largest absolute Gasteiger partial charge is 0.341 e. The van der Waals surface area contributed by atoms with Crippen LogP contribution in [-0.2, 0) is 20.8 Å². The third kappa shape index (κ3) is 4.21. The molecule has 1 N–H and O–H groups in total. The average Bonchev–Trinajstić information content (AvgIpc) is 3.17. The van der Waals surface area contributed by atoms with Crippen LogP contribution in [0.5, 0.6) is 0 Å². The first-order valence-electron chi connectivity index (χ1n) is 9.81. The number of fused-ring (bicyclic) bond motifs is 2. The highest BCUT2D eigenvalue weighted by atomic mass is 79.9. The van der Waals surface area contributed by atoms with Crippen molar-refractivity contribution in [3.8, 4) is 0 Å². The second kappa shape index (κ2) is 9.03. The number of nitrogens with one attached hydrogen (secondary N) is 1. The molecule has 1 saturated heterocycles. The third-order valence-electron chi connectivity index (χ3n) is 5.39. The van der Waals surface area contributed by atoms with E-state index in [2.05, 4.69) is 33.9 Å². The van der Waals surface area contributed by atoms with E-state index in [1.165, 1.54) is 45.4 Å². The average molecular weight is 580 g/mol. The summed E-state index contributed by atoms with van der Waals surface area (Å²) in [7, 11) is 0. The molecule has 33 heavy (non-hydrogen) atoms. The fourth-order valence-corrected chi connectivity index (χ4v) is 8.87. The van der Waals surface area contributed by atoms with Crippen molar-refractivity contribution in [2.75, 3.05) is 5.75 Å². The zero-order chi connectivity index (χ0) is 23.3. The van der Waals surface area contributed by atoms with Gasteiger partial charge in [0.1, 0.15) is 17.1 Å². The molecule has 0 aliphatic carbocycles. The number of β-lactam (4-membered cyclic amide) rings is 1. The highest BCUT2D eigenvalue weighted by Crippen LogP contribution is 2.45. The molecule has 4 heterocycles. The second-order valence-electron chi connectivity index (χ2n) is 7.48. The number of halogens is 1. The molecule has 2 atom stereocenters. The van der Waals surface area contributed by atoms with Crippen LogP contribution in [0.3, 0.4) is 0 Å². The fourth-order valence-electron chi connectivity index (χ4n) is 3.88. The molecule has 6 nitrogen and oxygen atoms in total. The minimum atomic E-state index is -0.704. The Balaban J connectivity index is 1.42. The molecular weight excluding hydrogens is 564 g/mol. The van der Waals surface area contributed by atoms with Gasteiger partial charge in [0.25, 0.3) is 5.91 Å². The third-order valence-corrected chi connectivity index (χ3v) is 9.80. The lowest BCUT2D eigenvalue weighted by Gasteiger charge is -2.49. The van der Waals surface area contributed by atoms with Gasteiger partial charge in [-0.05, 0) is 27.6 Å². The number of thiophene rings is 1. The Labute approximate surface area is 214 Å². The number of benzene rings is 1. The van der Waals surface area contributed by atoms with Gasteiger partial charge in [-0.3, -0.25) is 24.1 Å². The van der Waals surface area contributed by atoms with E-state index in [1.807, 2.05) is 30.3 Å². The van der Waals surface area contributed by atoms with Crippen molar-refractivity contribution in [3.05, 3.63) is 72.6 Å². The van der Waals surface area contributed by atoms with Gasteiger partial charge in [0.2, 0.25) is 11.0 Å². The summed E-state index contributed by atoms with van der Waals surface area (Å²) < 4.78 is 1.70. The summed E-state index contributed by atoms with van der Waals surface area (Å²) >= 11 is 11.8. The molecule has 11 heteroatoms. The lowest BCUT2D eigenvalue weighted by atomic mass is 10.0. The van der Waals surface area contributed by atoms with Crippen LogP contribution >= 0.6 is 63.0 Å². The van der Waals surface area contributed by atoms with Gasteiger partial charge >= 0.3 is 0 Å². The van der Waals surface area contributed by atoms with Gasteiger partial charge in [0, 0.05) is 22.3 Å². The first-order chi connectivity index (χ1) is 15.8. The minimum Gasteiger partial charge on any atom is -0.341 e. The molecule has 0 spiro atoms. The van der Waals surface area contributed by atoms with Gasteiger partial charge in [0.15, 0.2) is 5.43 Å². The maximum absolute atomic E-state index is 13.0. The molecule has 3 aromatic rings. The Morgan fingerprint density at radius 2 is 1.91 bits per heavy atom. The normalized spacial score (nSPS) is 19.9. The van der Waals surface area contributed by atoms with Gasteiger partial charge in [-0.15, -0.1) is 34.4 Å². The Morgan fingerprint density at radius 3 is 2.64 bits per heavy atom. The van der Waals surface area contributed by atoms with E-state index < -0.39 is 11.2 Å². The predicted octanol–water partition coefficient (Wildman–Crippen LogP) is 3.90. The molecule has 1 fully saturated rings. The number of nitrogens with zero attached hydrogens (tertiary/aromatic N) is 1. The van der Waals surface area contributed by atoms with Crippen molar-refractivity contribution < 1.29 is 14.4 Å². The topological polar surface area (TPSA) is 83.6 Å². The van der Waals surface area contributed by atoms with Crippen LogP contribution in [0.25, 0.3) is 15.0 Å². The van der Waals surface area contributed by atoms with Gasteiger partial charge in [-0.1, -0.05) is 43.0 Å². The number of carbonyl (C=O) groups is 3. The van der Waals surface area contributed by atoms with Crippen LogP contribution in [0.15, 0.2) is 56.7 Å². The Kier molecular flexibility index (Phi) is 6.25. The van der Waals surface area contributed by atoms with Gasteiger partial charge in [-0.2, -0.15) is 0 Å². The molecule has 0 radical (unpaired) electrons. The second-order valence-corrected chi connectivity index (χ2v) is 12.7. The molecule has 5 rings (SSSR count). The van der Waals surface area contributed by atoms with Crippen molar-refractivity contribution in [2.45, 2.75) is 17.8 Å². The maximum Gasteiger partial charge on any atom is 0.253 e. The smallest absolute Gasteiger partial charge is 0.253 e. The predicted molar refractivity (Wildman–Crippen MR) is 140 cm³/mol. The van der Waals surface area contributed by atoms with E-state index in [0.29, 0.717) is 21.6 Å². The number of thioether (sulfide) groups is 1. The molecule has 2 amide bonds. The monoisotopic (exact) mass is 578 g/mol. The molecule has 168 valence electrons. The number of rotatable bonds is 5. The van der Waals surface area contributed by atoms with Gasteiger partial charge in [0.05, 0.1) is 19.6 Å². The zero-order valence-electron chi connectivity index (χ0n) is 16.7. The lowest BCUT2D eigenvalue weighted by Crippen LogP contribution is -2.70. The van der Waals surface area contributed by atoms with Crippen molar-refractivity contribution in [1.82, 2.24) is 10.2 Å². The van der Waals surface area contributed by atoms with E-state index in [0.717, 1.165) is 13.4 Å². The van der Waals surface area contributed by atoms with E-state index >= 15 is 0 Å². The summed E-state index contributed by atoms with van der Waals surface area (Å²) in [5, 5.41) is 2.51. The SMILES string of the molecule is O=C(Cc1ccccc1)NC1C(=O)N2C(C(=O)S)=C(c3cc(=O)c4cc(Br)sc4s3)CS[C@H]12. The number of carbonyl (C=O) groups excluding carboxylic acids is 3. The molecule has 0 saturated carbocycles. The first kappa shape index (κ1) is 22.9. The van der Waals surface area contributed by atoms with Crippen LogP contribution in [0.4, 0.5) is 0 Å². The lowest BCUT2D eigenvalue weighted by molar-refractivity contribution is -0.146. The number of hydrogen-bond donors (Lipinski definition) is 2. The van der Waals surface area contributed by atoms with Crippen molar-refractivity contribution >= 4 is 94.9 Å². The van der Waals surface area contributed by atoms with Crippen LogP contribution in [0, 0.1) is 0 Å². The Morgan fingerprint density at radius 1 is 1.15 bits per heavy atom. The summed E-state index contributed by atoms with van der Waals surface area (Å²) in [6, 6.07) is 11.9. The van der Waals surface area contributed by atoms with Crippen molar-refractivity contribution in [3.63, 3.8) is 0 Å². The minimum absolute atomic E-state index is 0.132. The maximum atomic E-state index is 13.0. The highest BCUT2D eigenvalue weighted by molar-refractivity contribution is 9.11. The van der Waals surface area contributed by atoms with Crippen molar-refractivity contribution in [2.24, 2.45) is 0 Å². The molecular formula is C22H15BrN2O4S4. The Hall–Kier alpha value is -1.92. The van der Waals surface area contributed by atoms with E-state index in [4.69, 9.17) is 0 Å². The first-order valence-corrected chi connectivity index (χ1v) is 13.7. The van der Waals surface area contributed by atoms with Crippen LogP contribution in [0.2, 0.25) is 0 Å². The standard InChI is InChI=1S/C22H15BrN2O4S4/c23-15-7-11-13(26)8-14(32-22(11)33-15)12-9-31-20-17(19(28)25(20)18(12)21(29)30)24-16(27)6-10-4-2-1-3-5-10/h1-5,7-8,17,20H,6,9H2,(H,24,27)(H,29,30)/t17?,20-/m1/s1. The van der Waals surface area contributed by atoms with E-state index in [1.54, 1.807) is 6.07 Å². The van der Waals surface area contributed by atoms with Crippen molar-refractivity contribution in [1.29, 1.82) is 0 Å². The molecule has 2 aliphatic rings. The number of hydrogen-bond acceptors (Lipinski definition) is 7. The molecule has 2 aliphatic heterocycles. The molecule has 1 aromatic carbocycles. The fraction of sp³-hybridized carbons (Fsp3) is 0.182. The van der Waals surface area contributed by atoms with E-state index in [9.17, 15) is 19.2 Å². The van der Waals surface area contributed by atoms with Gasteiger partial charge in [-0.25, -0.2) is 0 Å². The molecule has 0 bridgehead atoms. The highest BCUT2D eigenvalue weighted by Gasteiger charge is 2.53. The van der Waals surface area contributed by atoms with Crippen LogP contribution in [-0.4, -0.2) is 39.0 Å². The zero-order valence-corrected chi connectivity index (χ0v) is 21.7. The molecule has 1 unspecified atom stereocenters. The summed E-state index contributed by atoms with van der Waals surface area (Å²) in [4.78, 5) is 52.6. The van der Waals surface area contributed by atoms with Crippen LogP contribution in [0.1, 0.15) is 10.4 Å². The molecule has 2 aromatic heterocycles. The summed E-state index contributed by atoms with van der Waals surface area (Å²) in [5.74, 6) is -0.175. The van der Waals surface area contributed by atoms with E-state index in [-0.39, 0.29) is 34.7 Å². The van der Waals surface area contributed by atoms with Gasteiger partial charge < -0.3 is 5.32 Å². The summed E-state index contributed by atoms with van der Waals surface area (Å²) in [5.41, 5.74) is 1.53. The number of amides is 2. The quantitative estimate of drug-likeness (QED) is 0.354.